The predicted octanol–water partition coefficient (Wildman–Crippen LogP) is 3.48. The average Bonchev–Trinajstić information content (AvgIpc) is 2.42. The molecule has 2 aromatic rings. The number of pyridine rings is 1. The quantitative estimate of drug-likeness (QED) is 0.777. The van der Waals surface area contributed by atoms with Gasteiger partial charge in [0.25, 0.3) is 0 Å². The van der Waals surface area contributed by atoms with Gasteiger partial charge in [-0.15, -0.1) is 0 Å². The zero-order valence-electron chi connectivity index (χ0n) is 11.5. The van der Waals surface area contributed by atoms with Crippen molar-refractivity contribution in [2.75, 3.05) is 6.61 Å². The monoisotopic (exact) mass is 261 g/mol. The maximum absolute atomic E-state index is 14.0. The van der Waals surface area contributed by atoms with E-state index in [9.17, 15) is 9.18 Å². The van der Waals surface area contributed by atoms with E-state index in [4.69, 9.17) is 4.74 Å². The summed E-state index contributed by atoms with van der Waals surface area (Å²) < 4.78 is 18.9. The van der Waals surface area contributed by atoms with Crippen LogP contribution >= 0.6 is 0 Å². The summed E-state index contributed by atoms with van der Waals surface area (Å²) in [5.41, 5.74) is 2.88. The van der Waals surface area contributed by atoms with Gasteiger partial charge in [-0.25, -0.2) is 9.18 Å². The first-order chi connectivity index (χ1) is 8.97. The normalized spacial score (nSPS) is 10.8. The average molecular weight is 261 g/mol. The molecule has 0 N–H and O–H groups in total. The fourth-order valence-corrected chi connectivity index (χ4v) is 2.13. The van der Waals surface area contributed by atoms with E-state index in [1.807, 2.05) is 6.92 Å². The molecule has 0 saturated heterocycles. The van der Waals surface area contributed by atoms with Gasteiger partial charge < -0.3 is 4.74 Å². The smallest absolute Gasteiger partial charge is 0.339 e. The van der Waals surface area contributed by atoms with Gasteiger partial charge >= 0.3 is 5.97 Å². The molecule has 1 aromatic heterocycles. The summed E-state index contributed by atoms with van der Waals surface area (Å²) in [5, 5.41) is 0.793. The van der Waals surface area contributed by atoms with Crippen molar-refractivity contribution in [3.8, 4) is 0 Å². The second-order valence-corrected chi connectivity index (χ2v) is 4.53. The topological polar surface area (TPSA) is 39.2 Å². The van der Waals surface area contributed by atoms with Gasteiger partial charge in [-0.2, -0.15) is 0 Å². The number of aromatic nitrogens is 1. The molecule has 19 heavy (non-hydrogen) atoms. The first-order valence-corrected chi connectivity index (χ1v) is 6.19. The molecule has 1 aromatic carbocycles. The molecule has 0 spiro atoms. The van der Waals surface area contributed by atoms with Crippen LogP contribution in [0.15, 0.2) is 12.3 Å². The van der Waals surface area contributed by atoms with Crippen LogP contribution in [0.3, 0.4) is 0 Å². The number of carbonyl (C=O) groups excluding carboxylic acids is 1. The number of hydrogen-bond acceptors (Lipinski definition) is 3. The van der Waals surface area contributed by atoms with Gasteiger partial charge in [-0.3, -0.25) is 4.98 Å². The Morgan fingerprint density at radius 1 is 1.26 bits per heavy atom. The summed E-state index contributed by atoms with van der Waals surface area (Å²) in [6.07, 6.45) is 1.43. The van der Waals surface area contributed by atoms with E-state index < -0.39 is 5.97 Å². The van der Waals surface area contributed by atoms with E-state index in [2.05, 4.69) is 4.98 Å². The van der Waals surface area contributed by atoms with Crippen LogP contribution in [0.1, 0.15) is 34.0 Å². The predicted molar refractivity (Wildman–Crippen MR) is 71.9 cm³/mol. The molecule has 2 rings (SSSR count). The molecule has 0 amide bonds. The fraction of sp³-hybridized carbons (Fsp3) is 0.333. The summed E-state index contributed by atoms with van der Waals surface area (Å²) >= 11 is 0. The summed E-state index contributed by atoms with van der Waals surface area (Å²) in [5.74, 6) is -0.641. The second kappa shape index (κ2) is 4.96. The Bertz CT molecular complexity index is 665. The van der Waals surface area contributed by atoms with Crippen molar-refractivity contribution in [3.05, 3.63) is 40.3 Å². The maximum atomic E-state index is 14.0. The molecule has 0 saturated carbocycles. The summed E-state index contributed by atoms with van der Waals surface area (Å²) in [4.78, 5) is 15.9. The molecular formula is C15H16FNO2. The fourth-order valence-electron chi connectivity index (χ4n) is 2.13. The number of halogens is 1. The first-order valence-electron chi connectivity index (χ1n) is 6.19. The summed E-state index contributed by atoms with van der Waals surface area (Å²) in [6.45, 7) is 7.32. The Labute approximate surface area is 111 Å². The van der Waals surface area contributed by atoms with Crippen LogP contribution in [0.5, 0.6) is 0 Å². The number of nitrogens with zero attached hydrogens (tertiary/aromatic N) is 1. The van der Waals surface area contributed by atoms with E-state index in [0.29, 0.717) is 28.8 Å². The Balaban J connectivity index is 2.70. The lowest BCUT2D eigenvalue weighted by Gasteiger charge is -2.11. The van der Waals surface area contributed by atoms with Crippen LogP contribution in [0, 0.1) is 26.6 Å². The third-order valence-corrected chi connectivity index (χ3v) is 3.38. The maximum Gasteiger partial charge on any atom is 0.339 e. The first kappa shape index (κ1) is 13.5. The zero-order valence-corrected chi connectivity index (χ0v) is 11.5. The van der Waals surface area contributed by atoms with Crippen LogP contribution < -0.4 is 0 Å². The largest absolute Gasteiger partial charge is 0.462 e. The number of esters is 1. The Kier molecular flexibility index (Phi) is 3.51. The van der Waals surface area contributed by atoms with Crippen molar-refractivity contribution < 1.29 is 13.9 Å². The number of aryl methyl sites for hydroxylation is 2. The van der Waals surface area contributed by atoms with E-state index >= 15 is 0 Å². The highest BCUT2D eigenvalue weighted by Gasteiger charge is 2.15. The SMILES string of the molecule is CCOC(=O)c1cnc2c(C)c(F)c(C)c(C)c2c1. The number of benzene rings is 1. The molecule has 0 radical (unpaired) electrons. The molecule has 0 aliphatic rings. The van der Waals surface area contributed by atoms with Crippen molar-refractivity contribution in [1.29, 1.82) is 0 Å². The lowest BCUT2D eigenvalue weighted by molar-refractivity contribution is 0.0526. The van der Waals surface area contributed by atoms with Gasteiger partial charge in [-0.1, -0.05) is 0 Å². The number of hydrogen-bond donors (Lipinski definition) is 0. The van der Waals surface area contributed by atoms with Crippen LogP contribution in [0.2, 0.25) is 0 Å². The van der Waals surface area contributed by atoms with Crippen molar-refractivity contribution >= 4 is 16.9 Å². The third-order valence-electron chi connectivity index (χ3n) is 3.38. The van der Waals surface area contributed by atoms with Gasteiger partial charge in [0.15, 0.2) is 0 Å². The molecule has 3 nitrogen and oxygen atoms in total. The van der Waals surface area contributed by atoms with Gasteiger partial charge in [-0.05, 0) is 44.9 Å². The van der Waals surface area contributed by atoms with Crippen LogP contribution in [-0.4, -0.2) is 17.6 Å². The number of ether oxygens (including phenoxy) is 1. The van der Waals surface area contributed by atoms with Crippen LogP contribution in [0.25, 0.3) is 10.9 Å². The van der Waals surface area contributed by atoms with Crippen molar-refractivity contribution in [2.45, 2.75) is 27.7 Å². The number of rotatable bonds is 2. The highest BCUT2D eigenvalue weighted by Crippen LogP contribution is 2.27. The minimum absolute atomic E-state index is 0.235. The van der Waals surface area contributed by atoms with Crippen molar-refractivity contribution in [3.63, 3.8) is 0 Å². The lowest BCUT2D eigenvalue weighted by Crippen LogP contribution is -2.06. The summed E-state index contributed by atoms with van der Waals surface area (Å²) in [7, 11) is 0. The highest BCUT2D eigenvalue weighted by molar-refractivity contribution is 5.95. The molecule has 0 unspecified atom stereocenters. The Hall–Kier alpha value is -1.97. The number of fused-ring (bicyclic) bond motifs is 1. The lowest BCUT2D eigenvalue weighted by atomic mass is 9.98. The van der Waals surface area contributed by atoms with E-state index in [-0.39, 0.29) is 5.82 Å². The molecule has 0 bridgehead atoms. The Morgan fingerprint density at radius 2 is 1.95 bits per heavy atom. The van der Waals surface area contributed by atoms with E-state index in [0.717, 1.165) is 10.9 Å². The minimum Gasteiger partial charge on any atom is -0.462 e. The molecule has 100 valence electrons. The van der Waals surface area contributed by atoms with Gasteiger partial charge in [0.05, 0.1) is 17.7 Å². The molecular weight excluding hydrogens is 245 g/mol. The van der Waals surface area contributed by atoms with Gasteiger partial charge in [0.1, 0.15) is 5.82 Å². The third kappa shape index (κ3) is 2.18. The molecule has 0 aliphatic carbocycles. The molecule has 4 heteroatoms. The van der Waals surface area contributed by atoms with Crippen molar-refractivity contribution in [1.82, 2.24) is 4.98 Å². The standard InChI is InChI=1S/C15H16FNO2/c1-5-19-15(18)11-6-12-8(2)9(3)13(16)10(4)14(12)17-7-11/h6-7H,5H2,1-4H3. The van der Waals surface area contributed by atoms with Gasteiger partial charge in [0.2, 0.25) is 0 Å². The highest BCUT2D eigenvalue weighted by atomic mass is 19.1. The minimum atomic E-state index is -0.407. The second-order valence-electron chi connectivity index (χ2n) is 4.53. The van der Waals surface area contributed by atoms with Crippen molar-refractivity contribution in [2.24, 2.45) is 0 Å². The Morgan fingerprint density at radius 3 is 2.58 bits per heavy atom. The van der Waals surface area contributed by atoms with E-state index in [1.165, 1.54) is 6.20 Å². The van der Waals surface area contributed by atoms with Crippen LogP contribution in [0.4, 0.5) is 4.39 Å². The van der Waals surface area contributed by atoms with Crippen LogP contribution in [-0.2, 0) is 4.74 Å². The van der Waals surface area contributed by atoms with Gasteiger partial charge in [0, 0.05) is 17.1 Å². The number of carbonyl (C=O) groups is 1. The summed E-state index contributed by atoms with van der Waals surface area (Å²) in [6, 6.07) is 1.72. The molecule has 0 atom stereocenters. The van der Waals surface area contributed by atoms with E-state index in [1.54, 1.807) is 26.8 Å². The molecule has 0 aliphatic heterocycles. The molecule has 1 heterocycles. The molecule has 0 fully saturated rings. The zero-order chi connectivity index (χ0) is 14.2.